The number of amides is 1. The van der Waals surface area contributed by atoms with Crippen LogP contribution < -0.4 is 5.73 Å². The van der Waals surface area contributed by atoms with Gasteiger partial charge in [-0.3, -0.25) is 9.48 Å². The van der Waals surface area contributed by atoms with Crippen LogP contribution in [-0.2, 0) is 11.8 Å². The fourth-order valence-electron chi connectivity index (χ4n) is 1.45. The van der Waals surface area contributed by atoms with Crippen LogP contribution in [0.3, 0.4) is 0 Å². The number of alkyl halides is 3. The van der Waals surface area contributed by atoms with Gasteiger partial charge < -0.3 is 5.73 Å². The molecule has 0 aliphatic heterocycles. The van der Waals surface area contributed by atoms with Crippen molar-refractivity contribution in [3.63, 3.8) is 0 Å². The standard InChI is InChI=1S/C9H9ClN2.C2H2F3NO.C2H6/c1-6-3-4-8(10)7-5-11-12(2)9(6)7;3-2(4,5)1(6)7;1-2/h3-5H,1-2H3;(H2,6,7);1-2H3. The van der Waals surface area contributed by atoms with Crippen LogP contribution in [0.2, 0.25) is 5.02 Å². The third kappa shape index (κ3) is 5.26. The van der Waals surface area contributed by atoms with Crippen molar-refractivity contribution in [2.45, 2.75) is 26.9 Å². The molecule has 2 rings (SSSR count). The first kappa shape index (κ1) is 19.2. The molecule has 8 heteroatoms. The summed E-state index contributed by atoms with van der Waals surface area (Å²) in [6, 6.07) is 3.91. The van der Waals surface area contributed by atoms with Crippen LogP contribution in [0.15, 0.2) is 18.3 Å². The number of hydrogen-bond acceptors (Lipinski definition) is 2. The Morgan fingerprint density at radius 3 is 2.19 bits per heavy atom. The molecular weight excluding hydrogens is 307 g/mol. The lowest BCUT2D eigenvalue weighted by Crippen LogP contribution is -2.30. The average molecular weight is 324 g/mol. The Kier molecular flexibility index (Phi) is 7.21. The number of aromatic nitrogens is 2. The number of hydrogen-bond donors (Lipinski definition) is 1. The number of halogens is 4. The normalized spacial score (nSPS) is 10.3. The van der Waals surface area contributed by atoms with Crippen LogP contribution in [0.4, 0.5) is 13.2 Å². The van der Waals surface area contributed by atoms with Crippen molar-refractivity contribution in [1.82, 2.24) is 9.78 Å². The maximum Gasteiger partial charge on any atom is 0.470 e. The van der Waals surface area contributed by atoms with Crippen molar-refractivity contribution in [2.75, 3.05) is 0 Å². The van der Waals surface area contributed by atoms with Gasteiger partial charge in [0.25, 0.3) is 0 Å². The second kappa shape index (κ2) is 7.87. The van der Waals surface area contributed by atoms with Gasteiger partial charge in [-0.1, -0.05) is 31.5 Å². The van der Waals surface area contributed by atoms with Gasteiger partial charge in [0, 0.05) is 12.4 Å². The third-order valence-electron chi connectivity index (χ3n) is 2.33. The van der Waals surface area contributed by atoms with Crippen LogP contribution in [0.5, 0.6) is 0 Å². The van der Waals surface area contributed by atoms with Crippen molar-refractivity contribution in [3.05, 3.63) is 28.9 Å². The molecule has 1 amide bonds. The van der Waals surface area contributed by atoms with Crippen molar-refractivity contribution in [2.24, 2.45) is 12.8 Å². The van der Waals surface area contributed by atoms with Gasteiger partial charge in [-0.05, 0) is 18.6 Å². The van der Waals surface area contributed by atoms with E-state index in [1.165, 1.54) is 5.56 Å². The number of fused-ring (bicyclic) bond motifs is 1. The Hall–Kier alpha value is -1.76. The molecule has 0 aliphatic rings. The summed E-state index contributed by atoms with van der Waals surface area (Å²) < 4.78 is 34.0. The molecule has 1 aromatic heterocycles. The molecule has 0 saturated carbocycles. The van der Waals surface area contributed by atoms with E-state index >= 15 is 0 Å². The molecule has 0 fully saturated rings. The molecule has 0 radical (unpaired) electrons. The van der Waals surface area contributed by atoms with Crippen molar-refractivity contribution in [1.29, 1.82) is 0 Å². The molecule has 1 heterocycles. The number of carbonyl (C=O) groups excluding carboxylic acids is 1. The molecule has 0 spiro atoms. The highest BCUT2D eigenvalue weighted by atomic mass is 35.5. The predicted molar refractivity (Wildman–Crippen MR) is 77.1 cm³/mol. The first-order chi connectivity index (χ1) is 9.64. The maximum atomic E-state index is 10.7. The SMILES string of the molecule is CC.Cc1ccc(Cl)c2cnn(C)c12.NC(=O)C(F)(F)F. The van der Waals surface area contributed by atoms with E-state index in [1.54, 1.807) is 6.20 Å². The minimum Gasteiger partial charge on any atom is -0.362 e. The summed E-state index contributed by atoms with van der Waals surface area (Å²) in [6.45, 7) is 6.06. The Morgan fingerprint density at radius 2 is 1.81 bits per heavy atom. The number of primary amides is 1. The van der Waals surface area contributed by atoms with Gasteiger partial charge in [0.15, 0.2) is 0 Å². The van der Waals surface area contributed by atoms with E-state index in [9.17, 15) is 13.2 Å². The highest BCUT2D eigenvalue weighted by Gasteiger charge is 2.35. The lowest BCUT2D eigenvalue weighted by atomic mass is 10.2. The number of nitrogens with two attached hydrogens (primary N) is 1. The lowest BCUT2D eigenvalue weighted by Gasteiger charge is -1.99. The van der Waals surface area contributed by atoms with E-state index in [1.807, 2.05) is 37.7 Å². The fourth-order valence-corrected chi connectivity index (χ4v) is 1.65. The van der Waals surface area contributed by atoms with Gasteiger partial charge >= 0.3 is 12.1 Å². The first-order valence-corrected chi connectivity index (χ1v) is 6.46. The summed E-state index contributed by atoms with van der Waals surface area (Å²) >= 11 is 5.99. The molecule has 1 aromatic carbocycles. The highest BCUT2D eigenvalue weighted by molar-refractivity contribution is 6.35. The summed E-state index contributed by atoms with van der Waals surface area (Å²) in [6.07, 6.45) is -3.06. The third-order valence-corrected chi connectivity index (χ3v) is 2.66. The molecular formula is C13H17ClF3N3O. The van der Waals surface area contributed by atoms with E-state index in [-0.39, 0.29) is 0 Å². The summed E-state index contributed by atoms with van der Waals surface area (Å²) in [7, 11) is 1.92. The van der Waals surface area contributed by atoms with Crippen molar-refractivity contribution < 1.29 is 18.0 Å². The number of nitrogens with zero attached hydrogens (tertiary/aromatic N) is 2. The first-order valence-electron chi connectivity index (χ1n) is 6.08. The van der Waals surface area contributed by atoms with Gasteiger partial charge in [0.2, 0.25) is 0 Å². The lowest BCUT2D eigenvalue weighted by molar-refractivity contribution is -0.169. The molecule has 118 valence electrons. The van der Waals surface area contributed by atoms with Gasteiger partial charge in [0.1, 0.15) is 0 Å². The Labute approximate surface area is 125 Å². The summed E-state index contributed by atoms with van der Waals surface area (Å²) in [5.41, 5.74) is 6.12. The van der Waals surface area contributed by atoms with Crippen LogP contribution in [0.1, 0.15) is 19.4 Å². The van der Waals surface area contributed by atoms with E-state index in [0.717, 1.165) is 15.9 Å². The minimum absolute atomic E-state index is 0.767. The number of carbonyl (C=O) groups is 1. The molecule has 2 N–H and O–H groups in total. The summed E-state index contributed by atoms with van der Waals surface area (Å²) in [5.74, 6) is -2.26. The van der Waals surface area contributed by atoms with Gasteiger partial charge in [0.05, 0.1) is 16.7 Å². The molecule has 0 bridgehead atoms. The Balaban J connectivity index is 0.000000385. The Morgan fingerprint density at radius 1 is 1.33 bits per heavy atom. The molecule has 0 atom stereocenters. The van der Waals surface area contributed by atoms with Gasteiger partial charge in [-0.25, -0.2) is 0 Å². The van der Waals surface area contributed by atoms with Crippen LogP contribution >= 0.6 is 11.6 Å². The fraction of sp³-hybridized carbons (Fsp3) is 0.385. The average Bonchev–Trinajstić information content (AvgIpc) is 2.79. The largest absolute Gasteiger partial charge is 0.470 e. The van der Waals surface area contributed by atoms with E-state index in [2.05, 4.69) is 17.8 Å². The maximum absolute atomic E-state index is 10.7. The summed E-state index contributed by atoms with van der Waals surface area (Å²) in [5, 5.41) is 5.94. The number of aryl methyl sites for hydroxylation is 2. The molecule has 4 nitrogen and oxygen atoms in total. The van der Waals surface area contributed by atoms with E-state index in [0.29, 0.717) is 0 Å². The number of benzene rings is 1. The molecule has 21 heavy (non-hydrogen) atoms. The van der Waals surface area contributed by atoms with Crippen molar-refractivity contribution >= 4 is 28.4 Å². The Bertz CT molecular complexity index is 608. The molecule has 0 unspecified atom stereocenters. The van der Waals surface area contributed by atoms with Crippen LogP contribution in [0.25, 0.3) is 10.9 Å². The topological polar surface area (TPSA) is 60.9 Å². The van der Waals surface area contributed by atoms with Gasteiger partial charge in [-0.15, -0.1) is 0 Å². The zero-order valence-corrected chi connectivity index (χ0v) is 12.9. The molecule has 0 saturated heterocycles. The van der Waals surface area contributed by atoms with Crippen molar-refractivity contribution in [3.8, 4) is 0 Å². The molecule has 2 aromatic rings. The monoisotopic (exact) mass is 323 g/mol. The van der Waals surface area contributed by atoms with Crippen LogP contribution in [-0.4, -0.2) is 21.9 Å². The zero-order valence-electron chi connectivity index (χ0n) is 12.1. The highest BCUT2D eigenvalue weighted by Crippen LogP contribution is 2.25. The van der Waals surface area contributed by atoms with E-state index in [4.69, 9.17) is 16.4 Å². The predicted octanol–water partition coefficient (Wildman–Crippen LogP) is 3.60. The smallest absolute Gasteiger partial charge is 0.362 e. The second-order valence-electron chi connectivity index (χ2n) is 3.76. The number of rotatable bonds is 0. The van der Waals surface area contributed by atoms with Crippen LogP contribution in [0, 0.1) is 6.92 Å². The zero-order chi connectivity index (χ0) is 16.8. The van der Waals surface area contributed by atoms with E-state index < -0.39 is 12.1 Å². The summed E-state index contributed by atoms with van der Waals surface area (Å²) in [4.78, 5) is 9.12. The second-order valence-corrected chi connectivity index (χ2v) is 4.16. The quantitative estimate of drug-likeness (QED) is 0.805. The molecule has 0 aliphatic carbocycles. The minimum atomic E-state index is -4.86. The van der Waals surface area contributed by atoms with Gasteiger partial charge in [-0.2, -0.15) is 18.3 Å².